The van der Waals surface area contributed by atoms with Crippen molar-refractivity contribution in [1.29, 1.82) is 31.6 Å². The fourth-order valence-electron chi connectivity index (χ4n) is 10.3. The molecule has 0 aliphatic rings. The van der Waals surface area contributed by atoms with Gasteiger partial charge in [0.15, 0.2) is 0 Å². The predicted molar refractivity (Wildman–Crippen MR) is 334 cm³/mol. The second-order valence-electron chi connectivity index (χ2n) is 20.7. The number of rotatable bonds is 21. The van der Waals surface area contributed by atoms with Crippen LogP contribution in [-0.2, 0) is 12.8 Å². The fourth-order valence-corrected chi connectivity index (χ4v) is 10.3. The van der Waals surface area contributed by atoms with Crippen molar-refractivity contribution in [3.63, 3.8) is 0 Å². The number of phenols is 2. The molecule has 0 radical (unpaired) electrons. The highest BCUT2D eigenvalue weighted by Crippen LogP contribution is 2.38. The van der Waals surface area contributed by atoms with E-state index < -0.39 is 4.92 Å². The van der Waals surface area contributed by atoms with E-state index in [-0.39, 0.29) is 27.9 Å². The number of non-ortho nitro benzene ring substituents is 1. The van der Waals surface area contributed by atoms with E-state index in [0.29, 0.717) is 69.3 Å². The topological polar surface area (TPSA) is 245 Å². The van der Waals surface area contributed by atoms with E-state index in [1.165, 1.54) is 45.5 Å². The molecule has 0 bridgehead atoms. The zero-order valence-electron chi connectivity index (χ0n) is 48.3. The van der Waals surface area contributed by atoms with E-state index in [2.05, 4.69) is 117 Å². The summed E-state index contributed by atoms with van der Waals surface area (Å²) in [7, 11) is 0. The van der Waals surface area contributed by atoms with Crippen molar-refractivity contribution in [3.05, 3.63) is 289 Å². The van der Waals surface area contributed by atoms with E-state index in [0.717, 1.165) is 57.4 Å². The molecule has 4 unspecified atom stereocenters. The SMILES string of the molecule is CCC(CC(CCc1ccc(O)cc1)c1ccc(O)cc1)c1ccccc1.CCC(CC(CCc1ccc(Oc2ccc(C#N)c(C#N)c2)cc1)c1ccc(Oc2ccc(C#N)c(C#N)c2)cc1)c1ccccc1.N#Cc1ccc([N+](=O)[O-])cc1C#N. The van der Waals surface area contributed by atoms with Crippen molar-refractivity contribution in [3.8, 4) is 70.9 Å². The third kappa shape index (κ3) is 18.5. The van der Waals surface area contributed by atoms with Gasteiger partial charge in [-0.05, 0) is 199 Å². The van der Waals surface area contributed by atoms with Gasteiger partial charge in [-0.25, -0.2) is 0 Å². The van der Waals surface area contributed by atoms with Crippen LogP contribution in [0.2, 0.25) is 0 Å². The zero-order chi connectivity index (χ0) is 61.9. The number of nitrogens with zero attached hydrogens (tertiary/aromatic N) is 7. The van der Waals surface area contributed by atoms with Crippen LogP contribution in [0.1, 0.15) is 143 Å². The van der Waals surface area contributed by atoms with Gasteiger partial charge in [-0.2, -0.15) is 31.6 Å². The minimum absolute atomic E-state index is 0.0247. The lowest BCUT2D eigenvalue weighted by atomic mass is 9.81. The molecule has 13 nitrogen and oxygen atoms in total. The van der Waals surface area contributed by atoms with Crippen LogP contribution in [0.3, 0.4) is 0 Å². The number of ether oxygens (including phenoxy) is 2. The van der Waals surface area contributed by atoms with Gasteiger partial charge in [-0.15, -0.1) is 0 Å². The molecule has 9 aromatic rings. The van der Waals surface area contributed by atoms with Crippen LogP contribution in [0.4, 0.5) is 5.69 Å². The molecular weight excluding hydrogens is 1080 g/mol. The summed E-state index contributed by atoms with van der Waals surface area (Å²) in [4.78, 5) is 9.67. The van der Waals surface area contributed by atoms with E-state index >= 15 is 0 Å². The number of aromatic hydroxyl groups is 2. The molecule has 13 heteroatoms. The molecule has 0 spiro atoms. The van der Waals surface area contributed by atoms with Crippen molar-refractivity contribution < 1.29 is 24.6 Å². The average molecular weight is 1150 g/mol. The first-order chi connectivity index (χ1) is 42.4. The van der Waals surface area contributed by atoms with Crippen LogP contribution in [0.5, 0.6) is 34.5 Å². The Kier molecular flexibility index (Phi) is 23.5. The molecule has 0 saturated carbocycles. The van der Waals surface area contributed by atoms with Gasteiger partial charge in [0, 0.05) is 12.1 Å². The maximum atomic E-state index is 10.3. The first-order valence-corrected chi connectivity index (χ1v) is 28.6. The highest BCUT2D eigenvalue weighted by molar-refractivity contribution is 5.53. The van der Waals surface area contributed by atoms with Gasteiger partial charge in [0.25, 0.3) is 5.69 Å². The van der Waals surface area contributed by atoms with Gasteiger partial charge in [-0.1, -0.05) is 123 Å². The standard InChI is InChI=1S/C41H32N4O2.C25H28O2.C8H3N3O2/c1-2-30(31-6-4-3-5-7-31)22-33(32-12-18-39(19-13-32)47-41-21-15-35(26-43)37(24-41)28-45)11-8-29-9-16-38(17-10-29)46-40-20-14-34(25-42)36(23-40)27-44;1-2-20(21-6-4-3-5-7-21)18-23(22-12-16-25(27)17-13-22)11-8-19-9-14-24(26)15-10-19;9-4-6-1-2-8(11(12)13)3-7(6)5-10/h3-7,9-10,12-21,23-24,30,33H,2,8,11,22H2,1H3;3-7,9-10,12-17,20,23,26-27H,2,8,11,18H2,1H3;1-3H. The molecule has 0 aliphatic carbocycles. The average Bonchev–Trinajstić information content (AvgIpc) is 3.77. The van der Waals surface area contributed by atoms with Crippen LogP contribution in [0.25, 0.3) is 0 Å². The lowest BCUT2D eigenvalue weighted by molar-refractivity contribution is -0.384. The summed E-state index contributed by atoms with van der Waals surface area (Å²) in [6.45, 7) is 4.50. The molecule has 0 amide bonds. The Morgan fingerprint density at radius 1 is 0.391 bits per heavy atom. The molecule has 430 valence electrons. The van der Waals surface area contributed by atoms with Crippen LogP contribution in [0.15, 0.2) is 212 Å². The molecule has 4 atom stereocenters. The number of benzene rings is 9. The minimum atomic E-state index is -0.609. The number of nitro benzene ring substituents is 1. The summed E-state index contributed by atoms with van der Waals surface area (Å²) < 4.78 is 12.0. The summed E-state index contributed by atoms with van der Waals surface area (Å²) in [5.74, 6) is 4.62. The van der Waals surface area contributed by atoms with Crippen molar-refractivity contribution in [2.24, 2.45) is 0 Å². The Morgan fingerprint density at radius 3 is 1.09 bits per heavy atom. The van der Waals surface area contributed by atoms with Gasteiger partial charge in [0.05, 0.1) is 38.3 Å². The third-order valence-corrected chi connectivity index (χ3v) is 15.2. The van der Waals surface area contributed by atoms with E-state index in [4.69, 9.17) is 20.0 Å². The molecule has 0 saturated heterocycles. The Hall–Kier alpha value is -11.5. The van der Waals surface area contributed by atoms with Crippen molar-refractivity contribution in [2.75, 3.05) is 0 Å². The molecule has 0 aromatic heterocycles. The summed E-state index contributed by atoms with van der Waals surface area (Å²) >= 11 is 0. The second-order valence-corrected chi connectivity index (χ2v) is 20.7. The van der Waals surface area contributed by atoms with Crippen LogP contribution >= 0.6 is 0 Å². The molecule has 9 rings (SSSR count). The molecular formula is C74H63N7O6. The van der Waals surface area contributed by atoms with E-state index in [9.17, 15) is 41.4 Å². The van der Waals surface area contributed by atoms with Gasteiger partial charge in [0.2, 0.25) is 0 Å². The summed E-state index contributed by atoms with van der Waals surface area (Å²) in [5, 5.41) is 83.6. The normalized spacial score (nSPS) is 11.6. The smallest absolute Gasteiger partial charge is 0.270 e. The van der Waals surface area contributed by atoms with Gasteiger partial charge >= 0.3 is 0 Å². The number of hydrogen-bond acceptors (Lipinski definition) is 12. The summed E-state index contributed by atoms with van der Waals surface area (Å²) in [6.07, 6.45) is 8.08. The zero-order valence-corrected chi connectivity index (χ0v) is 48.3. The van der Waals surface area contributed by atoms with Crippen LogP contribution < -0.4 is 9.47 Å². The molecule has 87 heavy (non-hydrogen) atoms. The molecule has 0 aliphatic heterocycles. The van der Waals surface area contributed by atoms with Gasteiger partial charge in [-0.3, -0.25) is 10.1 Å². The highest BCUT2D eigenvalue weighted by Gasteiger charge is 2.21. The van der Waals surface area contributed by atoms with Crippen molar-refractivity contribution in [1.82, 2.24) is 0 Å². The van der Waals surface area contributed by atoms with Gasteiger partial charge in [0.1, 0.15) is 70.9 Å². The largest absolute Gasteiger partial charge is 0.508 e. The Morgan fingerprint density at radius 2 is 0.713 bits per heavy atom. The minimum Gasteiger partial charge on any atom is -0.508 e. The monoisotopic (exact) mass is 1150 g/mol. The van der Waals surface area contributed by atoms with E-state index in [1.54, 1.807) is 72.8 Å². The number of nitriles is 6. The molecule has 2 N–H and O–H groups in total. The molecule has 0 heterocycles. The number of aryl methyl sites for hydroxylation is 2. The fraction of sp³-hybridized carbons (Fsp3) is 0.189. The number of nitro groups is 1. The number of phenolic OH excluding ortho intramolecular Hbond substituents is 2. The maximum Gasteiger partial charge on any atom is 0.270 e. The Bertz CT molecular complexity index is 3980. The van der Waals surface area contributed by atoms with Crippen molar-refractivity contribution >= 4 is 5.69 Å². The molecule has 9 aromatic carbocycles. The molecule has 0 fully saturated rings. The Labute approximate surface area is 508 Å². The van der Waals surface area contributed by atoms with Crippen LogP contribution in [-0.4, -0.2) is 15.1 Å². The summed E-state index contributed by atoms with van der Waals surface area (Å²) in [5.41, 5.74) is 8.90. The lowest BCUT2D eigenvalue weighted by Crippen LogP contribution is -2.08. The Balaban J connectivity index is 0.000000225. The number of hydrogen-bond donors (Lipinski definition) is 2. The first kappa shape index (κ1) is 63.1. The quantitative estimate of drug-likeness (QED) is 0.0504. The maximum absolute atomic E-state index is 10.3. The van der Waals surface area contributed by atoms with Gasteiger partial charge < -0.3 is 19.7 Å². The second kappa shape index (κ2) is 32.4. The predicted octanol–water partition coefficient (Wildman–Crippen LogP) is 17.8. The van der Waals surface area contributed by atoms with Crippen molar-refractivity contribution in [2.45, 2.75) is 88.9 Å². The van der Waals surface area contributed by atoms with E-state index in [1.807, 2.05) is 54.6 Å². The first-order valence-electron chi connectivity index (χ1n) is 28.6. The summed E-state index contributed by atoms with van der Waals surface area (Å²) in [6, 6.07) is 77.7. The highest BCUT2D eigenvalue weighted by atomic mass is 16.6. The third-order valence-electron chi connectivity index (χ3n) is 15.2. The van der Waals surface area contributed by atoms with Crippen LogP contribution in [0, 0.1) is 78.1 Å². The lowest BCUT2D eigenvalue weighted by Gasteiger charge is -2.24.